The van der Waals surface area contributed by atoms with E-state index >= 15 is 0 Å². The van der Waals surface area contributed by atoms with E-state index in [1.54, 1.807) is 35.2 Å². The summed E-state index contributed by atoms with van der Waals surface area (Å²) in [7, 11) is 0. The molecule has 1 aliphatic heterocycles. The topological polar surface area (TPSA) is 58.6 Å². The minimum Gasteiger partial charge on any atom is -0.457 e. The molecule has 4 rings (SSSR count). The summed E-state index contributed by atoms with van der Waals surface area (Å²) < 4.78 is 5.73. The molecule has 0 radical (unpaired) electrons. The lowest BCUT2D eigenvalue weighted by atomic mass is 10.1. The van der Waals surface area contributed by atoms with Crippen molar-refractivity contribution in [2.45, 2.75) is 6.54 Å². The van der Waals surface area contributed by atoms with Crippen LogP contribution in [-0.4, -0.2) is 23.3 Å². The number of nitrogens with one attached hydrogen (secondary N) is 1. The van der Waals surface area contributed by atoms with Crippen LogP contribution in [0.25, 0.3) is 0 Å². The summed E-state index contributed by atoms with van der Waals surface area (Å²) in [5.74, 6) is 1.10. The molecule has 2 amide bonds. The highest BCUT2D eigenvalue weighted by Crippen LogP contribution is 2.24. The van der Waals surface area contributed by atoms with Crippen molar-refractivity contribution < 1.29 is 14.3 Å². The number of ether oxygens (including phenoxy) is 1. The highest BCUT2D eigenvalue weighted by atomic mass is 16.5. The standard InChI is InChI=1S/C22H18N2O3/c25-21(15-24-14-16-6-4-5-9-20(16)22(24)26)23-17-10-12-19(13-11-17)27-18-7-2-1-3-8-18/h1-13H,14-15H2,(H,23,25). The molecule has 0 bridgehead atoms. The number of carbonyl (C=O) groups excluding carboxylic acids is 2. The summed E-state index contributed by atoms with van der Waals surface area (Å²) >= 11 is 0. The van der Waals surface area contributed by atoms with Crippen LogP contribution in [0.3, 0.4) is 0 Å². The van der Waals surface area contributed by atoms with Crippen LogP contribution >= 0.6 is 0 Å². The number of benzene rings is 3. The molecule has 0 saturated heterocycles. The van der Waals surface area contributed by atoms with Crippen LogP contribution in [0, 0.1) is 0 Å². The molecule has 5 heteroatoms. The van der Waals surface area contributed by atoms with E-state index in [0.717, 1.165) is 11.3 Å². The number of hydrogen-bond donors (Lipinski definition) is 1. The molecular formula is C22H18N2O3. The number of amides is 2. The number of fused-ring (bicyclic) bond motifs is 1. The molecular weight excluding hydrogens is 340 g/mol. The van der Waals surface area contributed by atoms with E-state index < -0.39 is 0 Å². The average Bonchev–Trinajstić information content (AvgIpc) is 3.00. The van der Waals surface area contributed by atoms with Crippen LogP contribution in [0.15, 0.2) is 78.9 Å². The molecule has 1 heterocycles. The monoisotopic (exact) mass is 358 g/mol. The first-order valence-corrected chi connectivity index (χ1v) is 8.69. The van der Waals surface area contributed by atoms with Crippen molar-refractivity contribution in [3.05, 3.63) is 90.0 Å². The molecule has 27 heavy (non-hydrogen) atoms. The molecule has 5 nitrogen and oxygen atoms in total. The van der Waals surface area contributed by atoms with E-state index in [2.05, 4.69) is 5.32 Å². The zero-order chi connectivity index (χ0) is 18.6. The van der Waals surface area contributed by atoms with E-state index in [1.165, 1.54) is 0 Å². The first-order valence-electron chi connectivity index (χ1n) is 8.69. The van der Waals surface area contributed by atoms with Crippen molar-refractivity contribution in [2.24, 2.45) is 0 Å². The van der Waals surface area contributed by atoms with Crippen LogP contribution in [0.4, 0.5) is 5.69 Å². The molecule has 0 unspecified atom stereocenters. The molecule has 134 valence electrons. The van der Waals surface area contributed by atoms with Crippen molar-refractivity contribution in [3.8, 4) is 11.5 Å². The quantitative estimate of drug-likeness (QED) is 0.748. The van der Waals surface area contributed by atoms with Crippen molar-refractivity contribution in [3.63, 3.8) is 0 Å². The maximum Gasteiger partial charge on any atom is 0.254 e. The van der Waals surface area contributed by atoms with Gasteiger partial charge in [0.05, 0.1) is 0 Å². The van der Waals surface area contributed by atoms with Crippen LogP contribution in [0.5, 0.6) is 11.5 Å². The summed E-state index contributed by atoms with van der Waals surface area (Å²) in [6.45, 7) is 0.488. The Kier molecular flexibility index (Phi) is 4.58. The molecule has 0 aromatic heterocycles. The van der Waals surface area contributed by atoms with Gasteiger partial charge >= 0.3 is 0 Å². The van der Waals surface area contributed by atoms with Gasteiger partial charge in [0.2, 0.25) is 5.91 Å². The summed E-state index contributed by atoms with van der Waals surface area (Å²) in [6, 6.07) is 24.1. The van der Waals surface area contributed by atoms with Crippen molar-refractivity contribution >= 4 is 17.5 Å². The highest BCUT2D eigenvalue weighted by Gasteiger charge is 2.28. The minimum absolute atomic E-state index is 0.0236. The molecule has 3 aromatic carbocycles. The number of para-hydroxylation sites is 1. The summed E-state index contributed by atoms with van der Waals surface area (Å²) in [4.78, 5) is 26.2. The second-order valence-corrected chi connectivity index (χ2v) is 6.31. The van der Waals surface area contributed by atoms with Gasteiger partial charge in [-0.05, 0) is 48.0 Å². The molecule has 0 fully saturated rings. The van der Waals surface area contributed by atoms with Crippen LogP contribution in [0.2, 0.25) is 0 Å². The van der Waals surface area contributed by atoms with E-state index in [-0.39, 0.29) is 18.4 Å². The zero-order valence-electron chi connectivity index (χ0n) is 14.6. The van der Waals surface area contributed by atoms with Crippen LogP contribution < -0.4 is 10.1 Å². The lowest BCUT2D eigenvalue weighted by Crippen LogP contribution is -2.33. The highest BCUT2D eigenvalue weighted by molar-refractivity contribution is 6.02. The number of rotatable bonds is 5. The molecule has 0 atom stereocenters. The number of anilines is 1. The molecule has 1 N–H and O–H groups in total. The normalized spacial score (nSPS) is 12.6. The predicted octanol–water partition coefficient (Wildman–Crippen LogP) is 4.07. The first-order chi connectivity index (χ1) is 13.2. The van der Waals surface area contributed by atoms with E-state index in [9.17, 15) is 9.59 Å². The molecule has 0 spiro atoms. The van der Waals surface area contributed by atoms with Crippen molar-refractivity contribution in [2.75, 3.05) is 11.9 Å². The third-order valence-corrected chi connectivity index (χ3v) is 4.35. The van der Waals surface area contributed by atoms with Gasteiger partial charge in [-0.1, -0.05) is 36.4 Å². The number of hydrogen-bond acceptors (Lipinski definition) is 3. The van der Waals surface area contributed by atoms with Gasteiger partial charge in [-0.25, -0.2) is 0 Å². The average molecular weight is 358 g/mol. The van der Waals surface area contributed by atoms with E-state index in [4.69, 9.17) is 4.74 Å². The second kappa shape index (κ2) is 7.33. The summed E-state index contributed by atoms with van der Waals surface area (Å²) in [5.41, 5.74) is 2.29. The maximum atomic E-state index is 12.3. The van der Waals surface area contributed by atoms with Gasteiger partial charge in [-0.3, -0.25) is 9.59 Å². The third kappa shape index (κ3) is 3.82. The molecule has 1 aliphatic rings. The van der Waals surface area contributed by atoms with Crippen molar-refractivity contribution in [1.29, 1.82) is 0 Å². The molecule has 3 aromatic rings. The van der Waals surface area contributed by atoms with E-state index in [0.29, 0.717) is 23.5 Å². The summed E-state index contributed by atoms with van der Waals surface area (Å²) in [5, 5.41) is 2.82. The zero-order valence-corrected chi connectivity index (χ0v) is 14.6. The van der Waals surface area contributed by atoms with Crippen LogP contribution in [-0.2, 0) is 11.3 Å². The molecule has 0 aliphatic carbocycles. The van der Waals surface area contributed by atoms with Gasteiger partial charge in [0.1, 0.15) is 18.0 Å². The van der Waals surface area contributed by atoms with Gasteiger partial charge in [0.15, 0.2) is 0 Å². The Labute approximate surface area is 157 Å². The maximum absolute atomic E-state index is 12.3. The third-order valence-electron chi connectivity index (χ3n) is 4.35. The van der Waals surface area contributed by atoms with Crippen molar-refractivity contribution in [1.82, 2.24) is 4.90 Å². The lowest BCUT2D eigenvalue weighted by Gasteiger charge is -2.15. The summed E-state index contributed by atoms with van der Waals surface area (Å²) in [6.07, 6.45) is 0. The Morgan fingerprint density at radius 1 is 0.889 bits per heavy atom. The SMILES string of the molecule is O=C(CN1Cc2ccccc2C1=O)Nc1ccc(Oc2ccccc2)cc1. The fourth-order valence-corrected chi connectivity index (χ4v) is 3.05. The van der Waals surface area contributed by atoms with E-state index in [1.807, 2.05) is 48.5 Å². The number of carbonyl (C=O) groups is 2. The smallest absolute Gasteiger partial charge is 0.254 e. The Morgan fingerprint density at radius 2 is 1.56 bits per heavy atom. The van der Waals surface area contributed by atoms with Gasteiger partial charge in [-0.15, -0.1) is 0 Å². The predicted molar refractivity (Wildman–Crippen MR) is 103 cm³/mol. The Hall–Kier alpha value is -3.60. The Bertz CT molecular complexity index is 968. The van der Waals surface area contributed by atoms with Crippen LogP contribution in [0.1, 0.15) is 15.9 Å². The van der Waals surface area contributed by atoms with Gasteiger partial charge < -0.3 is 15.0 Å². The van der Waals surface area contributed by atoms with Gasteiger partial charge in [-0.2, -0.15) is 0 Å². The fraction of sp³-hybridized carbons (Fsp3) is 0.0909. The minimum atomic E-state index is -0.229. The fourth-order valence-electron chi connectivity index (χ4n) is 3.05. The Balaban J connectivity index is 1.34. The van der Waals surface area contributed by atoms with Gasteiger partial charge in [0, 0.05) is 17.8 Å². The largest absolute Gasteiger partial charge is 0.457 e. The number of nitrogens with zero attached hydrogens (tertiary/aromatic N) is 1. The Morgan fingerprint density at radius 3 is 2.30 bits per heavy atom. The molecule has 0 saturated carbocycles. The lowest BCUT2D eigenvalue weighted by molar-refractivity contribution is -0.116. The first kappa shape index (κ1) is 16.8. The second-order valence-electron chi connectivity index (χ2n) is 6.31. The van der Waals surface area contributed by atoms with Gasteiger partial charge in [0.25, 0.3) is 5.91 Å².